The van der Waals surface area contributed by atoms with Crippen molar-refractivity contribution in [1.29, 1.82) is 0 Å². The minimum Gasteiger partial charge on any atom is -0.356 e. The number of aryl methyl sites for hydroxylation is 2. The van der Waals surface area contributed by atoms with Crippen LogP contribution in [0.1, 0.15) is 38.1 Å². The molecule has 0 saturated heterocycles. The topological polar surface area (TPSA) is 54.2 Å². The second-order valence-corrected chi connectivity index (χ2v) is 7.64. The van der Waals surface area contributed by atoms with E-state index >= 15 is 0 Å². The lowest BCUT2D eigenvalue weighted by Crippen LogP contribution is -2.43. The first-order valence-corrected chi connectivity index (χ1v) is 9.59. The molecule has 0 bridgehead atoms. The van der Waals surface area contributed by atoms with Gasteiger partial charge in [-0.1, -0.05) is 31.5 Å². The van der Waals surface area contributed by atoms with Crippen LogP contribution in [0, 0.1) is 12.7 Å². The highest BCUT2D eigenvalue weighted by atomic mass is 127. The Morgan fingerprint density at radius 3 is 2.64 bits per heavy atom. The van der Waals surface area contributed by atoms with Crippen molar-refractivity contribution in [2.45, 2.75) is 45.6 Å². The van der Waals surface area contributed by atoms with E-state index in [0.29, 0.717) is 11.6 Å². The monoisotopic (exact) mass is 521 g/mol. The molecule has 1 aromatic heterocycles. The first-order valence-electron chi connectivity index (χ1n) is 9.21. The summed E-state index contributed by atoms with van der Waals surface area (Å²) in [5.41, 5.74) is 0.644. The summed E-state index contributed by atoms with van der Waals surface area (Å²) in [7, 11) is 1.75. The first kappa shape index (κ1) is 24.7. The van der Waals surface area contributed by atoms with Crippen LogP contribution in [0.3, 0.4) is 0 Å². The van der Waals surface area contributed by atoms with Gasteiger partial charge in [0.15, 0.2) is 5.96 Å². The van der Waals surface area contributed by atoms with E-state index in [0.717, 1.165) is 43.3 Å². The molecule has 0 unspecified atom stereocenters. The number of benzene rings is 1. The highest BCUT2D eigenvalue weighted by molar-refractivity contribution is 14.0. The van der Waals surface area contributed by atoms with Crippen LogP contribution in [0.5, 0.6) is 0 Å². The smallest absolute Gasteiger partial charge is 0.191 e. The quantitative estimate of drug-likeness (QED) is 0.232. The number of unbranched alkanes of at least 4 members (excludes halogenated alkanes) is 1. The fourth-order valence-corrected chi connectivity index (χ4v) is 3.34. The van der Waals surface area contributed by atoms with Crippen LogP contribution in [0.2, 0.25) is 5.02 Å². The number of aromatic nitrogens is 2. The average molecular weight is 522 g/mol. The second kappa shape index (κ2) is 11.6. The zero-order chi connectivity index (χ0) is 19.9. The first-order chi connectivity index (χ1) is 12.8. The van der Waals surface area contributed by atoms with Crippen molar-refractivity contribution in [1.82, 2.24) is 20.2 Å². The molecule has 2 N–H and O–H groups in total. The molecule has 156 valence electrons. The third-order valence-corrected chi connectivity index (χ3v) is 4.94. The zero-order valence-corrected chi connectivity index (χ0v) is 20.0. The van der Waals surface area contributed by atoms with Crippen LogP contribution in [-0.4, -0.2) is 35.6 Å². The Hall–Kier alpha value is -1.35. The molecule has 0 aliphatic rings. The number of nitrogens with zero attached hydrogens (tertiary/aromatic N) is 3. The van der Waals surface area contributed by atoms with E-state index in [2.05, 4.69) is 39.0 Å². The minimum absolute atomic E-state index is 0. The van der Waals surface area contributed by atoms with E-state index in [-0.39, 0.29) is 35.2 Å². The zero-order valence-electron chi connectivity index (χ0n) is 16.9. The summed E-state index contributed by atoms with van der Waals surface area (Å²) in [5, 5.41) is 7.11. The van der Waals surface area contributed by atoms with Crippen LogP contribution in [0.25, 0.3) is 0 Å². The van der Waals surface area contributed by atoms with Crippen molar-refractivity contribution in [3.63, 3.8) is 0 Å². The summed E-state index contributed by atoms with van der Waals surface area (Å²) in [6, 6.07) is 4.54. The fourth-order valence-electron chi connectivity index (χ4n) is 2.91. The minimum atomic E-state index is -0.323. The van der Waals surface area contributed by atoms with Gasteiger partial charge in [-0.15, -0.1) is 24.0 Å². The Balaban J connectivity index is 0.00000392. The molecule has 28 heavy (non-hydrogen) atoms. The lowest BCUT2D eigenvalue weighted by atomic mass is 9.84. The Kier molecular flexibility index (Phi) is 10.2. The number of halogens is 3. The third kappa shape index (κ3) is 7.24. The second-order valence-electron chi connectivity index (χ2n) is 7.24. The van der Waals surface area contributed by atoms with Crippen molar-refractivity contribution in [3.8, 4) is 0 Å². The highest BCUT2D eigenvalue weighted by Crippen LogP contribution is 2.29. The van der Waals surface area contributed by atoms with Gasteiger partial charge in [0.1, 0.15) is 11.6 Å². The van der Waals surface area contributed by atoms with Crippen LogP contribution >= 0.6 is 35.6 Å². The SMILES string of the molecule is CN=C(NCCCCn1ccnc1C)NCC(C)(C)c1ccc(F)cc1Cl.I. The summed E-state index contributed by atoms with van der Waals surface area (Å²) < 4.78 is 15.4. The maximum Gasteiger partial charge on any atom is 0.191 e. The number of hydrogen-bond donors (Lipinski definition) is 2. The lowest BCUT2D eigenvalue weighted by Gasteiger charge is -2.27. The van der Waals surface area contributed by atoms with Crippen LogP contribution in [0.4, 0.5) is 4.39 Å². The van der Waals surface area contributed by atoms with Gasteiger partial charge in [0.25, 0.3) is 0 Å². The molecule has 2 aromatic rings. The molecular weight excluding hydrogens is 492 g/mol. The van der Waals surface area contributed by atoms with Crippen molar-refractivity contribution in [2.24, 2.45) is 4.99 Å². The van der Waals surface area contributed by atoms with Gasteiger partial charge in [0.05, 0.1) is 0 Å². The normalized spacial score (nSPS) is 11.9. The largest absolute Gasteiger partial charge is 0.356 e. The number of hydrogen-bond acceptors (Lipinski definition) is 2. The molecule has 0 atom stereocenters. The Bertz CT molecular complexity index is 776. The van der Waals surface area contributed by atoms with E-state index in [1.165, 1.54) is 12.1 Å². The van der Waals surface area contributed by atoms with E-state index in [1.54, 1.807) is 13.1 Å². The predicted molar refractivity (Wildman–Crippen MR) is 125 cm³/mol. The molecule has 0 fully saturated rings. The van der Waals surface area contributed by atoms with Gasteiger partial charge in [-0.2, -0.15) is 0 Å². The molecule has 0 radical (unpaired) electrons. The van der Waals surface area contributed by atoms with Crippen molar-refractivity contribution in [3.05, 3.63) is 52.8 Å². The molecule has 0 amide bonds. The summed E-state index contributed by atoms with van der Waals surface area (Å²) in [5.74, 6) is 1.47. The van der Waals surface area contributed by atoms with Gasteiger partial charge in [-0.05, 0) is 37.5 Å². The molecule has 0 aliphatic carbocycles. The average Bonchev–Trinajstić information content (AvgIpc) is 3.02. The van der Waals surface area contributed by atoms with E-state index in [9.17, 15) is 4.39 Å². The van der Waals surface area contributed by atoms with Crippen LogP contribution < -0.4 is 10.6 Å². The summed E-state index contributed by atoms with van der Waals surface area (Å²) in [6.07, 6.45) is 5.93. The van der Waals surface area contributed by atoms with E-state index in [4.69, 9.17) is 11.6 Å². The molecule has 0 aliphatic heterocycles. The molecule has 1 heterocycles. The maximum absolute atomic E-state index is 13.3. The van der Waals surface area contributed by atoms with E-state index in [1.807, 2.05) is 19.3 Å². The Morgan fingerprint density at radius 1 is 1.29 bits per heavy atom. The standard InChI is InChI=1S/C20H29ClFN5.HI/c1-15-24-10-12-27(15)11-6-5-9-25-19(23-4)26-14-20(2,3)17-8-7-16(22)13-18(17)21;/h7-8,10,12-13H,5-6,9,11,14H2,1-4H3,(H2,23,25,26);1H. The molecule has 8 heteroatoms. The van der Waals surface area contributed by atoms with Gasteiger partial charge in [0.2, 0.25) is 0 Å². The maximum atomic E-state index is 13.3. The highest BCUT2D eigenvalue weighted by Gasteiger charge is 2.24. The van der Waals surface area contributed by atoms with Gasteiger partial charge >= 0.3 is 0 Å². The van der Waals surface area contributed by atoms with Crippen LogP contribution in [-0.2, 0) is 12.0 Å². The van der Waals surface area contributed by atoms with Gasteiger partial charge in [0, 0.05) is 49.5 Å². The molecule has 0 saturated carbocycles. The van der Waals surface area contributed by atoms with E-state index < -0.39 is 0 Å². The molecule has 2 rings (SSSR count). The Morgan fingerprint density at radius 2 is 2.04 bits per heavy atom. The van der Waals surface area contributed by atoms with Crippen molar-refractivity contribution < 1.29 is 4.39 Å². The number of imidazole rings is 1. The van der Waals surface area contributed by atoms with Crippen molar-refractivity contribution >= 4 is 41.5 Å². The number of aliphatic imine (C=N–C) groups is 1. The number of nitrogens with one attached hydrogen (secondary N) is 2. The van der Waals surface area contributed by atoms with Crippen LogP contribution in [0.15, 0.2) is 35.6 Å². The molecule has 1 aromatic carbocycles. The molecule has 5 nitrogen and oxygen atoms in total. The molecular formula is C20H30ClFIN5. The fraction of sp³-hybridized carbons (Fsp3) is 0.500. The molecule has 0 spiro atoms. The summed E-state index contributed by atoms with van der Waals surface area (Å²) in [4.78, 5) is 8.50. The van der Waals surface area contributed by atoms with Gasteiger partial charge in [-0.3, -0.25) is 4.99 Å². The summed E-state index contributed by atoms with van der Waals surface area (Å²) >= 11 is 6.21. The summed E-state index contributed by atoms with van der Waals surface area (Å²) in [6.45, 7) is 8.59. The van der Waals surface area contributed by atoms with Gasteiger partial charge in [-0.25, -0.2) is 9.37 Å². The number of rotatable bonds is 8. The third-order valence-electron chi connectivity index (χ3n) is 4.62. The van der Waals surface area contributed by atoms with Crippen molar-refractivity contribution in [2.75, 3.05) is 20.1 Å². The predicted octanol–water partition coefficient (Wildman–Crippen LogP) is 4.53. The number of guanidine groups is 1. The Labute approximate surface area is 189 Å². The van der Waals surface area contributed by atoms with Gasteiger partial charge < -0.3 is 15.2 Å². The lowest BCUT2D eigenvalue weighted by molar-refractivity contribution is 0.506.